The van der Waals surface area contributed by atoms with E-state index < -0.39 is 0 Å². The molecule has 0 saturated heterocycles. The minimum atomic E-state index is -0.252. The van der Waals surface area contributed by atoms with E-state index in [-0.39, 0.29) is 5.91 Å². The molecule has 3 aromatic rings. The number of benzene rings is 1. The number of amides is 1. The quantitative estimate of drug-likeness (QED) is 0.693. The van der Waals surface area contributed by atoms with Crippen molar-refractivity contribution < 1.29 is 14.3 Å². The molecule has 1 N–H and O–H groups in total. The first-order valence-corrected chi connectivity index (χ1v) is 8.55. The summed E-state index contributed by atoms with van der Waals surface area (Å²) in [6, 6.07) is 12.5. The summed E-state index contributed by atoms with van der Waals surface area (Å²) in [5.74, 6) is 0.602. The minimum Gasteiger partial charge on any atom is -0.481 e. The number of hydrogen-bond donors (Lipinski definition) is 1. The molecule has 7 heteroatoms. The smallest absolute Gasteiger partial charge is 0.256 e. The fraction of sp³-hybridized carbons (Fsp3) is 0.250. The molecule has 1 aromatic carbocycles. The summed E-state index contributed by atoms with van der Waals surface area (Å²) in [4.78, 5) is 23.4. The fourth-order valence-electron chi connectivity index (χ4n) is 2.54. The lowest BCUT2D eigenvalue weighted by Gasteiger charge is -2.12. The number of likely N-dealkylation sites (N-methyl/N-ethyl adjacent to an activating group) is 1. The first-order chi connectivity index (χ1) is 13.1. The summed E-state index contributed by atoms with van der Waals surface area (Å²) in [6.45, 7) is 1.30. The summed E-state index contributed by atoms with van der Waals surface area (Å²) in [6.07, 6.45) is 1.60. The van der Waals surface area contributed by atoms with Gasteiger partial charge >= 0.3 is 0 Å². The van der Waals surface area contributed by atoms with Crippen molar-refractivity contribution in [3.8, 4) is 11.8 Å². The normalized spacial score (nSPS) is 10.8. The van der Waals surface area contributed by atoms with Gasteiger partial charge in [-0.1, -0.05) is 18.2 Å². The lowest BCUT2D eigenvalue weighted by atomic mass is 10.1. The summed E-state index contributed by atoms with van der Waals surface area (Å²) in [5.41, 5.74) is 1.79. The molecule has 7 nitrogen and oxygen atoms in total. The van der Waals surface area contributed by atoms with E-state index in [0.29, 0.717) is 35.1 Å². The summed E-state index contributed by atoms with van der Waals surface area (Å²) in [7, 11) is 5.47. The van der Waals surface area contributed by atoms with Crippen molar-refractivity contribution >= 4 is 22.5 Å². The zero-order valence-electron chi connectivity index (χ0n) is 15.6. The van der Waals surface area contributed by atoms with Gasteiger partial charge in [-0.05, 0) is 26.2 Å². The summed E-state index contributed by atoms with van der Waals surface area (Å²) < 4.78 is 10.8. The average Bonchev–Trinajstić information content (AvgIpc) is 2.67. The largest absolute Gasteiger partial charge is 0.481 e. The predicted octanol–water partition coefficient (Wildman–Crippen LogP) is 2.83. The standard InChI is InChI=1S/C20H22N4O3/c1-24(2)10-11-27-18-12-14(8-9-21-18)22-20(25)16-13-19(26-3)23-17-7-5-4-6-15(16)17/h4-9,12-13H,10-11H2,1-3H3,(H,21,22,25). The van der Waals surface area contributed by atoms with Crippen LogP contribution in [0.2, 0.25) is 0 Å². The van der Waals surface area contributed by atoms with Crippen molar-refractivity contribution in [1.82, 2.24) is 14.9 Å². The fourth-order valence-corrected chi connectivity index (χ4v) is 2.54. The van der Waals surface area contributed by atoms with Gasteiger partial charge in [-0.2, -0.15) is 0 Å². The number of ether oxygens (including phenoxy) is 2. The van der Waals surface area contributed by atoms with Gasteiger partial charge in [-0.25, -0.2) is 9.97 Å². The van der Waals surface area contributed by atoms with E-state index in [4.69, 9.17) is 9.47 Å². The molecule has 2 aromatic heterocycles. The third-order valence-corrected chi connectivity index (χ3v) is 3.93. The molecule has 0 saturated carbocycles. The van der Waals surface area contributed by atoms with Gasteiger partial charge in [0.2, 0.25) is 11.8 Å². The van der Waals surface area contributed by atoms with Crippen LogP contribution in [0, 0.1) is 0 Å². The molecule has 0 aliphatic carbocycles. The van der Waals surface area contributed by atoms with Crippen LogP contribution >= 0.6 is 0 Å². The van der Waals surface area contributed by atoms with Crippen molar-refractivity contribution in [3.05, 3.63) is 54.2 Å². The zero-order valence-corrected chi connectivity index (χ0v) is 15.6. The zero-order chi connectivity index (χ0) is 19.2. The van der Waals surface area contributed by atoms with Gasteiger partial charge < -0.3 is 19.7 Å². The topological polar surface area (TPSA) is 76.6 Å². The van der Waals surface area contributed by atoms with Gasteiger partial charge in [0.1, 0.15) is 6.61 Å². The Kier molecular flexibility index (Phi) is 5.83. The van der Waals surface area contributed by atoms with E-state index in [0.717, 1.165) is 11.9 Å². The highest BCUT2D eigenvalue weighted by molar-refractivity contribution is 6.12. The Hall–Kier alpha value is -3.19. The molecule has 0 atom stereocenters. The number of carbonyl (C=O) groups excluding carboxylic acids is 1. The van der Waals surface area contributed by atoms with Gasteiger partial charge in [0.25, 0.3) is 5.91 Å². The second kappa shape index (κ2) is 8.46. The molecule has 27 heavy (non-hydrogen) atoms. The van der Waals surface area contributed by atoms with Crippen molar-refractivity contribution in [1.29, 1.82) is 0 Å². The molecule has 140 valence electrons. The highest BCUT2D eigenvalue weighted by atomic mass is 16.5. The molecule has 3 rings (SSSR count). The van der Waals surface area contributed by atoms with Crippen molar-refractivity contribution in [2.75, 3.05) is 39.7 Å². The van der Waals surface area contributed by atoms with E-state index in [1.54, 1.807) is 24.4 Å². The minimum absolute atomic E-state index is 0.252. The Morgan fingerprint density at radius 2 is 1.96 bits per heavy atom. The van der Waals surface area contributed by atoms with Crippen molar-refractivity contribution in [2.24, 2.45) is 0 Å². The maximum absolute atomic E-state index is 12.8. The lowest BCUT2D eigenvalue weighted by molar-refractivity contribution is 0.102. The summed E-state index contributed by atoms with van der Waals surface area (Å²) in [5, 5.41) is 3.65. The molecule has 0 aliphatic rings. The number of para-hydroxylation sites is 1. The predicted molar refractivity (Wildman–Crippen MR) is 105 cm³/mol. The maximum atomic E-state index is 12.8. The van der Waals surface area contributed by atoms with Gasteiger partial charge in [0.15, 0.2) is 0 Å². The van der Waals surface area contributed by atoms with Gasteiger partial charge in [0.05, 0.1) is 18.2 Å². The molecule has 0 radical (unpaired) electrons. The number of nitrogens with one attached hydrogen (secondary N) is 1. The van der Waals surface area contributed by atoms with Crippen LogP contribution in [0.4, 0.5) is 5.69 Å². The molecule has 0 spiro atoms. The van der Waals surface area contributed by atoms with E-state index >= 15 is 0 Å². The Balaban J connectivity index is 1.80. The molecular weight excluding hydrogens is 344 g/mol. The first kappa shape index (κ1) is 18.6. The SMILES string of the molecule is COc1cc(C(=O)Nc2ccnc(OCCN(C)C)c2)c2ccccc2n1. The Bertz CT molecular complexity index is 943. The van der Waals surface area contributed by atoms with Crippen molar-refractivity contribution in [3.63, 3.8) is 0 Å². The first-order valence-electron chi connectivity index (χ1n) is 8.55. The highest BCUT2D eigenvalue weighted by Crippen LogP contribution is 2.23. The number of pyridine rings is 2. The molecule has 0 aliphatic heterocycles. The van der Waals surface area contributed by atoms with Crippen LogP contribution in [0.3, 0.4) is 0 Å². The molecule has 0 unspecified atom stereocenters. The number of aromatic nitrogens is 2. The number of methoxy groups -OCH3 is 1. The van der Waals surface area contributed by atoms with Crippen LogP contribution in [0.5, 0.6) is 11.8 Å². The Morgan fingerprint density at radius 1 is 1.15 bits per heavy atom. The third kappa shape index (κ3) is 4.71. The van der Waals surface area contributed by atoms with Crippen LogP contribution in [-0.4, -0.2) is 55.1 Å². The Labute approximate surface area is 157 Å². The lowest BCUT2D eigenvalue weighted by Crippen LogP contribution is -2.19. The van der Waals surface area contributed by atoms with Gasteiger partial charge in [0, 0.05) is 35.9 Å². The number of anilines is 1. The number of rotatable bonds is 7. The van der Waals surface area contributed by atoms with Crippen LogP contribution < -0.4 is 14.8 Å². The molecule has 2 heterocycles. The average molecular weight is 366 g/mol. The van der Waals surface area contributed by atoms with Crippen LogP contribution in [-0.2, 0) is 0 Å². The molecular formula is C20H22N4O3. The maximum Gasteiger partial charge on any atom is 0.256 e. The highest BCUT2D eigenvalue weighted by Gasteiger charge is 2.14. The van der Waals surface area contributed by atoms with E-state index in [9.17, 15) is 4.79 Å². The van der Waals surface area contributed by atoms with Crippen molar-refractivity contribution in [2.45, 2.75) is 0 Å². The van der Waals surface area contributed by atoms with Crippen LogP contribution in [0.15, 0.2) is 48.7 Å². The molecule has 0 bridgehead atoms. The third-order valence-electron chi connectivity index (χ3n) is 3.93. The van der Waals surface area contributed by atoms with Crippen LogP contribution in [0.25, 0.3) is 10.9 Å². The number of fused-ring (bicyclic) bond motifs is 1. The Morgan fingerprint density at radius 3 is 2.74 bits per heavy atom. The summed E-state index contributed by atoms with van der Waals surface area (Å²) >= 11 is 0. The van der Waals surface area contributed by atoms with E-state index in [2.05, 4.69) is 15.3 Å². The van der Waals surface area contributed by atoms with E-state index in [1.165, 1.54) is 7.11 Å². The van der Waals surface area contributed by atoms with E-state index in [1.807, 2.05) is 43.3 Å². The second-order valence-electron chi connectivity index (χ2n) is 6.22. The number of nitrogens with zero attached hydrogens (tertiary/aromatic N) is 3. The number of carbonyl (C=O) groups is 1. The molecule has 0 fully saturated rings. The van der Waals surface area contributed by atoms with Gasteiger partial charge in [-0.15, -0.1) is 0 Å². The number of hydrogen-bond acceptors (Lipinski definition) is 6. The molecule has 1 amide bonds. The van der Waals surface area contributed by atoms with Crippen LogP contribution in [0.1, 0.15) is 10.4 Å². The second-order valence-corrected chi connectivity index (χ2v) is 6.22. The monoisotopic (exact) mass is 366 g/mol. The van der Waals surface area contributed by atoms with Gasteiger partial charge in [-0.3, -0.25) is 4.79 Å².